The minimum absolute atomic E-state index is 0.0143. The topological polar surface area (TPSA) is 96.0 Å². The normalized spacial score (nSPS) is 11.9. The maximum atomic E-state index is 14.6. The summed E-state index contributed by atoms with van der Waals surface area (Å²) in [4.78, 5) is 29.9. The van der Waals surface area contributed by atoms with E-state index in [1.807, 2.05) is 68.4 Å². The van der Waals surface area contributed by atoms with Gasteiger partial charge < -0.3 is 15.0 Å². The van der Waals surface area contributed by atoms with E-state index in [-0.39, 0.29) is 34.5 Å². The number of hydrogen-bond donors (Lipinski definition) is 1. The summed E-state index contributed by atoms with van der Waals surface area (Å²) in [5.74, 6) is -0.506. The molecule has 1 atom stereocenters. The highest BCUT2D eigenvalue weighted by molar-refractivity contribution is 9.10. The Morgan fingerprint density at radius 1 is 0.936 bits per heavy atom. The number of rotatable bonds is 15. The summed E-state index contributed by atoms with van der Waals surface area (Å²) in [5, 5.41) is 3.18. The van der Waals surface area contributed by atoms with Gasteiger partial charge in [-0.05, 0) is 66.9 Å². The molecular weight excluding hydrogens is 702 g/mol. The molecule has 4 aromatic rings. The summed E-state index contributed by atoms with van der Waals surface area (Å²) < 4.78 is 35.6. The number of nitrogens with zero attached hydrogens (tertiary/aromatic N) is 2. The average molecular weight is 741 g/mol. The van der Waals surface area contributed by atoms with Gasteiger partial charge in [0.05, 0.1) is 22.7 Å². The quantitative estimate of drug-likeness (QED) is 0.131. The largest absolute Gasteiger partial charge is 0.495 e. The molecule has 0 aliphatic carbocycles. The second kappa shape index (κ2) is 16.8. The Bertz CT molecular complexity index is 1750. The third-order valence-electron chi connectivity index (χ3n) is 7.68. The van der Waals surface area contributed by atoms with E-state index in [9.17, 15) is 18.0 Å². The van der Waals surface area contributed by atoms with Crippen molar-refractivity contribution in [3.8, 4) is 5.75 Å². The third kappa shape index (κ3) is 9.59. The molecule has 1 N–H and O–H groups in total. The molecule has 0 aliphatic heterocycles. The predicted octanol–water partition coefficient (Wildman–Crippen LogP) is 7.17. The van der Waals surface area contributed by atoms with Crippen molar-refractivity contribution in [1.82, 2.24) is 10.2 Å². The number of aryl methyl sites for hydroxylation is 1. The van der Waals surface area contributed by atoms with Gasteiger partial charge in [-0.2, -0.15) is 0 Å². The molecule has 11 heteroatoms. The van der Waals surface area contributed by atoms with E-state index < -0.39 is 28.5 Å². The number of carbonyl (C=O) groups is 2. The van der Waals surface area contributed by atoms with Crippen molar-refractivity contribution in [3.63, 3.8) is 0 Å². The number of hydrogen-bond acceptors (Lipinski definition) is 5. The van der Waals surface area contributed by atoms with Crippen molar-refractivity contribution in [1.29, 1.82) is 0 Å². The molecule has 0 saturated carbocycles. The maximum absolute atomic E-state index is 14.6. The van der Waals surface area contributed by atoms with Gasteiger partial charge in [-0.25, -0.2) is 8.42 Å². The number of methoxy groups -OCH3 is 1. The van der Waals surface area contributed by atoms with Gasteiger partial charge >= 0.3 is 0 Å². The van der Waals surface area contributed by atoms with E-state index in [1.165, 1.54) is 30.2 Å². The van der Waals surface area contributed by atoms with Gasteiger partial charge in [0.15, 0.2) is 0 Å². The lowest BCUT2D eigenvalue weighted by Gasteiger charge is -2.34. The Morgan fingerprint density at radius 2 is 1.62 bits per heavy atom. The zero-order valence-electron chi connectivity index (χ0n) is 26.7. The number of ether oxygens (including phenoxy) is 1. The first kappa shape index (κ1) is 36.0. The summed E-state index contributed by atoms with van der Waals surface area (Å²) in [6, 6.07) is 26.9. The van der Waals surface area contributed by atoms with Crippen molar-refractivity contribution < 1.29 is 22.7 Å². The summed E-state index contributed by atoms with van der Waals surface area (Å²) >= 11 is 9.91. The second-order valence-electron chi connectivity index (χ2n) is 11.1. The van der Waals surface area contributed by atoms with Gasteiger partial charge in [0.2, 0.25) is 11.8 Å². The zero-order valence-corrected chi connectivity index (χ0v) is 29.8. The number of halogens is 2. The molecule has 0 saturated heterocycles. The highest BCUT2D eigenvalue weighted by Gasteiger charge is 2.34. The van der Waals surface area contributed by atoms with Crippen molar-refractivity contribution in [3.05, 3.63) is 123 Å². The fourth-order valence-electron chi connectivity index (χ4n) is 5.02. The van der Waals surface area contributed by atoms with E-state index in [0.29, 0.717) is 12.3 Å². The van der Waals surface area contributed by atoms with Gasteiger partial charge in [-0.1, -0.05) is 101 Å². The van der Waals surface area contributed by atoms with Crippen molar-refractivity contribution in [2.75, 3.05) is 24.5 Å². The molecule has 47 heavy (non-hydrogen) atoms. The van der Waals surface area contributed by atoms with Crippen LogP contribution in [-0.2, 0) is 32.6 Å². The molecule has 0 heterocycles. The zero-order chi connectivity index (χ0) is 34.0. The van der Waals surface area contributed by atoms with Crippen LogP contribution in [0.2, 0.25) is 5.02 Å². The van der Waals surface area contributed by atoms with E-state index in [0.717, 1.165) is 38.3 Å². The van der Waals surface area contributed by atoms with E-state index >= 15 is 0 Å². The fraction of sp³-hybridized carbons (Fsp3) is 0.278. The minimum Gasteiger partial charge on any atom is -0.495 e. The highest BCUT2D eigenvalue weighted by Crippen LogP contribution is 2.32. The lowest BCUT2D eigenvalue weighted by molar-refractivity contribution is -0.140. The van der Waals surface area contributed by atoms with Gasteiger partial charge in [0.1, 0.15) is 18.3 Å². The number of benzene rings is 4. The molecule has 4 rings (SSSR count). The molecule has 1 unspecified atom stereocenters. The summed E-state index contributed by atoms with van der Waals surface area (Å²) in [6.45, 7) is 3.85. The predicted molar refractivity (Wildman–Crippen MR) is 190 cm³/mol. The van der Waals surface area contributed by atoms with Crippen LogP contribution in [0.5, 0.6) is 5.75 Å². The minimum atomic E-state index is -4.26. The lowest BCUT2D eigenvalue weighted by Crippen LogP contribution is -2.53. The molecule has 248 valence electrons. The number of nitrogens with one attached hydrogen (secondary N) is 1. The Hall–Kier alpha value is -3.86. The Labute approximate surface area is 290 Å². The first-order valence-electron chi connectivity index (χ1n) is 15.3. The van der Waals surface area contributed by atoms with Crippen LogP contribution in [0, 0.1) is 6.92 Å². The molecule has 0 spiro atoms. The monoisotopic (exact) mass is 739 g/mol. The Kier molecular flexibility index (Phi) is 12.9. The highest BCUT2D eigenvalue weighted by atomic mass is 79.9. The summed E-state index contributed by atoms with van der Waals surface area (Å²) in [5.41, 5.74) is 2.71. The van der Waals surface area contributed by atoms with Crippen LogP contribution in [0.1, 0.15) is 36.5 Å². The van der Waals surface area contributed by atoms with Crippen LogP contribution in [0.15, 0.2) is 106 Å². The van der Waals surface area contributed by atoms with Crippen LogP contribution >= 0.6 is 27.5 Å². The molecule has 0 bridgehead atoms. The number of carbonyl (C=O) groups excluding carboxylic acids is 2. The molecular formula is C36H39BrClN3O5S. The first-order valence-corrected chi connectivity index (χ1v) is 17.9. The van der Waals surface area contributed by atoms with E-state index in [1.54, 1.807) is 24.3 Å². The van der Waals surface area contributed by atoms with Crippen LogP contribution < -0.4 is 14.4 Å². The molecule has 2 amide bonds. The number of unbranched alkanes of at least 4 members (excludes halogenated alkanes) is 1. The van der Waals surface area contributed by atoms with Gasteiger partial charge in [0.25, 0.3) is 10.0 Å². The lowest BCUT2D eigenvalue weighted by atomic mass is 10.0. The smallest absolute Gasteiger partial charge is 0.264 e. The third-order valence-corrected chi connectivity index (χ3v) is 10.3. The summed E-state index contributed by atoms with van der Waals surface area (Å²) in [7, 11) is -2.80. The molecule has 8 nitrogen and oxygen atoms in total. The maximum Gasteiger partial charge on any atom is 0.264 e. The molecule has 0 aliphatic rings. The molecule has 4 aromatic carbocycles. The van der Waals surface area contributed by atoms with Gasteiger partial charge in [-0.3, -0.25) is 13.9 Å². The Morgan fingerprint density at radius 3 is 2.23 bits per heavy atom. The molecule has 0 fully saturated rings. The first-order chi connectivity index (χ1) is 22.5. The van der Waals surface area contributed by atoms with Crippen molar-refractivity contribution >= 4 is 55.1 Å². The molecule has 0 radical (unpaired) electrons. The molecule has 0 aromatic heterocycles. The van der Waals surface area contributed by atoms with Gasteiger partial charge in [0, 0.05) is 24.0 Å². The average Bonchev–Trinajstić information content (AvgIpc) is 3.06. The standard InChI is InChI=1S/C36H39BrClN3O5S/c1-4-5-21-39-36(43)33(22-27-9-7-6-8-10-27)40(24-28-13-15-29(37)16-14-28)35(42)25-41(30-17-20-34(46-3)32(38)23-30)47(44,45)31-18-11-26(2)12-19-31/h6-20,23,33H,4-5,21-22,24-25H2,1-3H3,(H,39,43). The van der Waals surface area contributed by atoms with Crippen LogP contribution in [-0.4, -0.2) is 51.4 Å². The van der Waals surface area contributed by atoms with Crippen LogP contribution in [0.25, 0.3) is 0 Å². The van der Waals surface area contributed by atoms with E-state index in [2.05, 4.69) is 21.2 Å². The Balaban J connectivity index is 1.81. The van der Waals surface area contributed by atoms with Gasteiger partial charge in [-0.15, -0.1) is 0 Å². The number of sulfonamides is 1. The van der Waals surface area contributed by atoms with Crippen LogP contribution in [0.4, 0.5) is 5.69 Å². The number of amides is 2. The fourth-order valence-corrected chi connectivity index (χ4v) is 6.95. The van der Waals surface area contributed by atoms with Crippen LogP contribution in [0.3, 0.4) is 0 Å². The van der Waals surface area contributed by atoms with Crippen molar-refractivity contribution in [2.24, 2.45) is 0 Å². The summed E-state index contributed by atoms with van der Waals surface area (Å²) in [6.07, 6.45) is 1.91. The SMILES string of the molecule is CCCCNC(=O)C(Cc1ccccc1)N(Cc1ccc(Br)cc1)C(=O)CN(c1ccc(OC)c(Cl)c1)S(=O)(=O)c1ccc(C)cc1. The van der Waals surface area contributed by atoms with E-state index in [4.69, 9.17) is 16.3 Å². The number of anilines is 1. The van der Waals surface area contributed by atoms with Crippen molar-refractivity contribution in [2.45, 2.75) is 50.6 Å². The second-order valence-corrected chi connectivity index (χ2v) is 14.3.